The smallest absolute Gasteiger partial charge is 0.123 e. The van der Waals surface area contributed by atoms with Crippen LogP contribution in [-0.4, -0.2) is 25.9 Å². The van der Waals surface area contributed by atoms with Crippen molar-refractivity contribution in [3.8, 4) is 5.75 Å². The van der Waals surface area contributed by atoms with Crippen LogP contribution in [0.25, 0.3) is 0 Å². The Morgan fingerprint density at radius 3 is 3.05 bits per heavy atom. The number of rotatable bonds is 8. The number of benzene rings is 1. The zero-order valence-electron chi connectivity index (χ0n) is 11.9. The van der Waals surface area contributed by atoms with Crippen LogP contribution in [-0.2, 0) is 11.3 Å². The summed E-state index contributed by atoms with van der Waals surface area (Å²) in [5, 5.41) is 3.47. The number of nitrogens with one attached hydrogen (secondary N) is 1. The van der Waals surface area contributed by atoms with Crippen LogP contribution in [0.15, 0.2) is 24.3 Å². The maximum atomic E-state index is 5.83. The molecule has 0 unspecified atom stereocenters. The molecule has 3 heteroatoms. The Balaban J connectivity index is 1.77. The zero-order chi connectivity index (χ0) is 13.3. The molecule has 1 aromatic carbocycles. The Kier molecular flexibility index (Phi) is 6.18. The molecule has 1 atom stereocenters. The quantitative estimate of drug-likeness (QED) is 0.731. The van der Waals surface area contributed by atoms with E-state index in [0.29, 0.717) is 6.10 Å². The van der Waals surface area contributed by atoms with Gasteiger partial charge in [0, 0.05) is 25.3 Å². The number of hydrogen-bond acceptors (Lipinski definition) is 3. The van der Waals surface area contributed by atoms with Gasteiger partial charge in [-0.25, -0.2) is 0 Å². The van der Waals surface area contributed by atoms with E-state index in [4.69, 9.17) is 9.47 Å². The lowest BCUT2D eigenvalue weighted by molar-refractivity contribution is 0.110. The predicted molar refractivity (Wildman–Crippen MR) is 77.5 cm³/mol. The molecule has 1 saturated heterocycles. The molecule has 0 spiro atoms. The van der Waals surface area contributed by atoms with Crippen LogP contribution < -0.4 is 10.1 Å². The molecular weight excluding hydrogens is 238 g/mol. The average Bonchev–Trinajstić information content (AvgIpc) is 2.94. The normalized spacial score (nSPS) is 18.7. The molecule has 1 aromatic rings. The van der Waals surface area contributed by atoms with E-state index >= 15 is 0 Å². The highest BCUT2D eigenvalue weighted by atomic mass is 16.5. The standard InChI is InChI=1S/C16H25NO2/c1-2-3-10-19-16-9-5-4-7-14(16)12-17-13-15-8-6-11-18-15/h4-5,7,9,15,17H,2-3,6,8,10-13H2,1H3/t15-/m1/s1. The van der Waals surface area contributed by atoms with E-state index in [-0.39, 0.29) is 0 Å². The van der Waals surface area contributed by atoms with Gasteiger partial charge in [-0.05, 0) is 25.3 Å². The monoisotopic (exact) mass is 263 g/mol. The molecule has 1 N–H and O–H groups in total. The lowest BCUT2D eigenvalue weighted by Gasteiger charge is -2.14. The Bertz CT molecular complexity index is 362. The van der Waals surface area contributed by atoms with E-state index in [0.717, 1.165) is 38.5 Å². The van der Waals surface area contributed by atoms with E-state index < -0.39 is 0 Å². The molecule has 0 aromatic heterocycles. The van der Waals surface area contributed by atoms with Crippen molar-refractivity contribution in [3.05, 3.63) is 29.8 Å². The number of para-hydroxylation sites is 1. The second-order valence-corrected chi connectivity index (χ2v) is 5.08. The molecule has 0 radical (unpaired) electrons. The highest BCUT2D eigenvalue weighted by Crippen LogP contribution is 2.18. The number of ether oxygens (including phenoxy) is 2. The highest BCUT2D eigenvalue weighted by molar-refractivity contribution is 5.33. The van der Waals surface area contributed by atoms with Crippen LogP contribution in [0, 0.1) is 0 Å². The largest absolute Gasteiger partial charge is 0.493 e. The van der Waals surface area contributed by atoms with E-state index in [2.05, 4.69) is 30.4 Å². The molecule has 0 amide bonds. The molecule has 0 aliphatic carbocycles. The van der Waals surface area contributed by atoms with E-state index in [1.807, 2.05) is 6.07 Å². The summed E-state index contributed by atoms with van der Waals surface area (Å²) in [7, 11) is 0. The van der Waals surface area contributed by atoms with Gasteiger partial charge in [0.25, 0.3) is 0 Å². The van der Waals surface area contributed by atoms with Crippen LogP contribution in [0.3, 0.4) is 0 Å². The third-order valence-corrected chi connectivity index (χ3v) is 3.44. The molecule has 106 valence electrons. The second-order valence-electron chi connectivity index (χ2n) is 5.08. The van der Waals surface area contributed by atoms with Crippen molar-refractivity contribution in [1.29, 1.82) is 0 Å². The molecule has 3 nitrogen and oxygen atoms in total. The van der Waals surface area contributed by atoms with Crippen molar-refractivity contribution in [1.82, 2.24) is 5.32 Å². The molecule has 1 heterocycles. The minimum Gasteiger partial charge on any atom is -0.493 e. The summed E-state index contributed by atoms with van der Waals surface area (Å²) in [5.41, 5.74) is 1.23. The highest BCUT2D eigenvalue weighted by Gasteiger charge is 2.14. The van der Waals surface area contributed by atoms with Gasteiger partial charge < -0.3 is 14.8 Å². The lowest BCUT2D eigenvalue weighted by atomic mass is 10.2. The fraction of sp³-hybridized carbons (Fsp3) is 0.625. The Hall–Kier alpha value is -1.06. The third kappa shape index (κ3) is 4.84. The van der Waals surface area contributed by atoms with Gasteiger partial charge in [-0.1, -0.05) is 31.5 Å². The second kappa shape index (κ2) is 8.18. The summed E-state index contributed by atoms with van der Waals surface area (Å²) in [6.45, 7) is 5.69. The Morgan fingerprint density at radius 1 is 1.37 bits per heavy atom. The van der Waals surface area contributed by atoms with Crippen LogP contribution in [0.4, 0.5) is 0 Å². The van der Waals surface area contributed by atoms with Crippen molar-refractivity contribution >= 4 is 0 Å². The van der Waals surface area contributed by atoms with Crippen molar-refractivity contribution in [2.75, 3.05) is 19.8 Å². The van der Waals surface area contributed by atoms with Gasteiger partial charge in [0.05, 0.1) is 12.7 Å². The zero-order valence-corrected chi connectivity index (χ0v) is 11.9. The van der Waals surface area contributed by atoms with E-state index in [9.17, 15) is 0 Å². The summed E-state index contributed by atoms with van der Waals surface area (Å²) in [6, 6.07) is 8.28. The van der Waals surface area contributed by atoms with Gasteiger partial charge in [-0.15, -0.1) is 0 Å². The third-order valence-electron chi connectivity index (χ3n) is 3.44. The van der Waals surface area contributed by atoms with E-state index in [1.54, 1.807) is 0 Å². The summed E-state index contributed by atoms with van der Waals surface area (Å²) in [6.07, 6.45) is 5.05. The van der Waals surface area contributed by atoms with Crippen LogP contribution in [0.1, 0.15) is 38.2 Å². The van der Waals surface area contributed by atoms with Gasteiger partial charge >= 0.3 is 0 Å². The lowest BCUT2D eigenvalue weighted by Crippen LogP contribution is -2.26. The first-order valence-corrected chi connectivity index (χ1v) is 7.43. The molecular formula is C16H25NO2. The summed E-state index contributed by atoms with van der Waals surface area (Å²) >= 11 is 0. The topological polar surface area (TPSA) is 30.5 Å². The van der Waals surface area contributed by atoms with Gasteiger partial charge in [0.1, 0.15) is 5.75 Å². The molecule has 0 saturated carbocycles. The first-order chi connectivity index (χ1) is 9.40. The summed E-state index contributed by atoms with van der Waals surface area (Å²) in [5.74, 6) is 1.01. The SMILES string of the molecule is CCCCOc1ccccc1CNC[C@H]1CCCO1. The first kappa shape index (κ1) is 14.4. The molecule has 2 rings (SSSR count). The van der Waals surface area contributed by atoms with Crippen LogP contribution >= 0.6 is 0 Å². The van der Waals surface area contributed by atoms with Gasteiger partial charge in [-0.2, -0.15) is 0 Å². The summed E-state index contributed by atoms with van der Waals surface area (Å²) in [4.78, 5) is 0. The fourth-order valence-electron chi connectivity index (χ4n) is 2.29. The molecule has 1 fully saturated rings. The van der Waals surface area contributed by atoms with Crippen LogP contribution in [0.5, 0.6) is 5.75 Å². The number of hydrogen-bond donors (Lipinski definition) is 1. The molecule has 1 aliphatic heterocycles. The van der Waals surface area contributed by atoms with Crippen molar-refractivity contribution < 1.29 is 9.47 Å². The minimum atomic E-state index is 0.396. The Morgan fingerprint density at radius 2 is 2.26 bits per heavy atom. The van der Waals surface area contributed by atoms with Crippen molar-refractivity contribution in [3.63, 3.8) is 0 Å². The van der Waals surface area contributed by atoms with Gasteiger partial charge in [0.2, 0.25) is 0 Å². The van der Waals surface area contributed by atoms with Crippen LogP contribution in [0.2, 0.25) is 0 Å². The number of unbranched alkanes of at least 4 members (excludes halogenated alkanes) is 1. The fourth-order valence-corrected chi connectivity index (χ4v) is 2.29. The predicted octanol–water partition coefficient (Wildman–Crippen LogP) is 3.13. The minimum absolute atomic E-state index is 0.396. The van der Waals surface area contributed by atoms with E-state index in [1.165, 1.54) is 24.8 Å². The molecule has 19 heavy (non-hydrogen) atoms. The average molecular weight is 263 g/mol. The first-order valence-electron chi connectivity index (χ1n) is 7.43. The molecule has 1 aliphatic rings. The van der Waals surface area contributed by atoms with Gasteiger partial charge in [-0.3, -0.25) is 0 Å². The molecule has 0 bridgehead atoms. The maximum absolute atomic E-state index is 5.83. The Labute approximate surface area is 116 Å². The van der Waals surface area contributed by atoms with Gasteiger partial charge in [0.15, 0.2) is 0 Å². The summed E-state index contributed by atoms with van der Waals surface area (Å²) < 4.78 is 11.4. The maximum Gasteiger partial charge on any atom is 0.123 e. The van der Waals surface area contributed by atoms with Crippen molar-refractivity contribution in [2.45, 2.75) is 45.3 Å². The van der Waals surface area contributed by atoms with Crippen molar-refractivity contribution in [2.24, 2.45) is 0 Å².